The molecule has 0 aromatic rings. The van der Waals surface area contributed by atoms with Crippen LogP contribution in [0.25, 0.3) is 0 Å². The third-order valence-corrected chi connectivity index (χ3v) is 10.1. The van der Waals surface area contributed by atoms with Crippen molar-refractivity contribution in [1.29, 1.82) is 0 Å². The number of unbranched alkanes of at least 4 members (excludes halogenated alkanes) is 18. The van der Waals surface area contributed by atoms with Gasteiger partial charge in [0.25, 0.3) is 0 Å². The first-order valence-corrected chi connectivity index (χ1v) is 23.4. The van der Waals surface area contributed by atoms with Gasteiger partial charge in [0.05, 0.1) is 34.4 Å². The maximum atomic E-state index is 12.7. The average molecular weight is 783 g/mol. The number of phosphoric ester groups is 1. The van der Waals surface area contributed by atoms with Crippen LogP contribution in [0.2, 0.25) is 0 Å². The van der Waals surface area contributed by atoms with Crippen molar-refractivity contribution in [3.8, 4) is 0 Å². The number of rotatable bonds is 40. The van der Waals surface area contributed by atoms with Crippen molar-refractivity contribution in [2.75, 3.05) is 54.1 Å². The smallest absolute Gasteiger partial charge is 0.457 e. The highest BCUT2D eigenvalue weighted by Gasteiger charge is 2.26. The Labute approximate surface area is 333 Å². The highest BCUT2D eigenvalue weighted by atomic mass is 31.2. The maximum Gasteiger partial charge on any atom is 0.472 e. The van der Waals surface area contributed by atoms with E-state index in [0.717, 1.165) is 70.6 Å². The number of quaternary nitrogens is 1. The SMILES string of the molecule is CC/C=C\C/C=C\C/C=C\C/C=C\CCCCCOCC(COP(=O)(O)OCC[N+](C)(C)C)OC(=O)CCCCCCCCCCCCCCCCCC. The number of esters is 1. The lowest BCUT2D eigenvalue weighted by Crippen LogP contribution is -2.37. The lowest BCUT2D eigenvalue weighted by molar-refractivity contribution is -0.870. The molecule has 0 spiro atoms. The van der Waals surface area contributed by atoms with E-state index in [4.69, 9.17) is 18.5 Å². The van der Waals surface area contributed by atoms with Gasteiger partial charge in [0.1, 0.15) is 19.3 Å². The molecule has 54 heavy (non-hydrogen) atoms. The number of carbonyl (C=O) groups is 1. The van der Waals surface area contributed by atoms with Gasteiger partial charge in [0.15, 0.2) is 0 Å². The van der Waals surface area contributed by atoms with Crippen LogP contribution in [0.3, 0.4) is 0 Å². The van der Waals surface area contributed by atoms with Crippen LogP contribution in [-0.2, 0) is 27.9 Å². The predicted molar refractivity (Wildman–Crippen MR) is 229 cm³/mol. The molecule has 9 heteroatoms. The summed E-state index contributed by atoms with van der Waals surface area (Å²) in [6.45, 7) is 5.44. The van der Waals surface area contributed by atoms with Crippen molar-refractivity contribution in [3.05, 3.63) is 48.6 Å². The zero-order valence-corrected chi connectivity index (χ0v) is 36.6. The second-order valence-corrected chi connectivity index (χ2v) is 17.2. The van der Waals surface area contributed by atoms with Gasteiger partial charge >= 0.3 is 13.8 Å². The van der Waals surface area contributed by atoms with E-state index in [-0.39, 0.29) is 25.8 Å². The standard InChI is InChI=1S/C45H84NO7P/c1-6-8-10-12-14-16-18-20-22-24-26-28-30-32-34-36-38-45(47)53-44(43-52-54(48,49)51-41-39-46(3,4)5)42-50-40-37-35-33-31-29-27-25-23-21-19-17-15-13-11-9-7-2/h9,11,15,17,21,23,27,29,44H,6-8,10,12-14,16,18-20,22,24-26,28,30-43H2,1-5H3/p+1/b11-9-,17-15-,23-21-,29-27-. The molecule has 0 aliphatic carbocycles. The highest BCUT2D eigenvalue weighted by molar-refractivity contribution is 7.47. The third-order valence-electron chi connectivity index (χ3n) is 9.15. The summed E-state index contributed by atoms with van der Waals surface area (Å²) in [5.41, 5.74) is 0. The fourth-order valence-corrected chi connectivity index (χ4v) is 6.52. The number of phosphoric acid groups is 1. The molecule has 2 unspecified atom stereocenters. The van der Waals surface area contributed by atoms with Crippen LogP contribution in [-0.4, -0.2) is 75.6 Å². The van der Waals surface area contributed by atoms with Gasteiger partial charge in [0.2, 0.25) is 0 Å². The number of carbonyl (C=O) groups excluding carboxylic acids is 1. The lowest BCUT2D eigenvalue weighted by Gasteiger charge is -2.24. The van der Waals surface area contributed by atoms with Crippen molar-refractivity contribution < 1.29 is 37.3 Å². The van der Waals surface area contributed by atoms with Gasteiger partial charge in [-0.15, -0.1) is 0 Å². The molecule has 0 rings (SSSR count). The largest absolute Gasteiger partial charge is 0.472 e. The van der Waals surface area contributed by atoms with Crippen molar-refractivity contribution >= 4 is 13.8 Å². The number of hydrogen-bond acceptors (Lipinski definition) is 6. The number of likely N-dealkylation sites (N-methyl/N-ethyl adjacent to an activating group) is 1. The molecule has 0 aliphatic heterocycles. The Morgan fingerprint density at radius 1 is 0.593 bits per heavy atom. The molecular formula is C45H85NO7P+. The summed E-state index contributed by atoms with van der Waals surface area (Å²) in [5, 5.41) is 0. The lowest BCUT2D eigenvalue weighted by atomic mass is 10.0. The first-order valence-electron chi connectivity index (χ1n) is 21.9. The molecule has 0 fully saturated rings. The summed E-state index contributed by atoms with van der Waals surface area (Å²) in [7, 11) is 1.64. The fourth-order valence-electron chi connectivity index (χ4n) is 5.78. The molecule has 0 saturated carbocycles. The normalized spacial score (nSPS) is 14.3. The Balaban J connectivity index is 4.29. The third kappa shape index (κ3) is 41.6. The van der Waals surface area contributed by atoms with Crippen LogP contribution in [0, 0.1) is 0 Å². The molecule has 0 amide bonds. The quantitative estimate of drug-likeness (QED) is 0.0218. The number of hydrogen-bond donors (Lipinski definition) is 1. The van der Waals surface area contributed by atoms with E-state index in [1.807, 2.05) is 21.1 Å². The van der Waals surface area contributed by atoms with E-state index in [1.165, 1.54) is 83.5 Å². The van der Waals surface area contributed by atoms with Gasteiger partial charge in [-0.05, 0) is 51.4 Å². The zero-order chi connectivity index (χ0) is 39.9. The number of allylic oxidation sites excluding steroid dienone is 8. The van der Waals surface area contributed by atoms with E-state index in [9.17, 15) is 14.3 Å². The molecular weight excluding hydrogens is 697 g/mol. The zero-order valence-electron chi connectivity index (χ0n) is 35.7. The highest BCUT2D eigenvalue weighted by Crippen LogP contribution is 2.43. The summed E-state index contributed by atoms with van der Waals surface area (Å²) in [6, 6.07) is 0. The van der Waals surface area contributed by atoms with Crippen LogP contribution in [0.15, 0.2) is 48.6 Å². The molecule has 0 aromatic carbocycles. The minimum absolute atomic E-state index is 0.0817. The van der Waals surface area contributed by atoms with Gasteiger partial charge in [0, 0.05) is 13.0 Å². The molecule has 0 radical (unpaired) electrons. The summed E-state index contributed by atoms with van der Waals surface area (Å²) in [6.07, 6.45) is 45.7. The molecule has 1 N–H and O–H groups in total. The first-order chi connectivity index (χ1) is 26.1. The van der Waals surface area contributed by atoms with Crippen molar-refractivity contribution in [2.45, 2.75) is 180 Å². The van der Waals surface area contributed by atoms with Gasteiger partial charge in [-0.2, -0.15) is 0 Å². The molecule has 0 bridgehead atoms. The van der Waals surface area contributed by atoms with Crippen molar-refractivity contribution in [2.24, 2.45) is 0 Å². The number of ether oxygens (including phenoxy) is 2. The van der Waals surface area contributed by atoms with E-state index < -0.39 is 13.9 Å². The molecule has 2 atom stereocenters. The molecule has 316 valence electrons. The average Bonchev–Trinajstić information content (AvgIpc) is 3.12. The molecule has 8 nitrogen and oxygen atoms in total. The summed E-state index contributed by atoms with van der Waals surface area (Å²) in [5.74, 6) is -0.325. The Kier molecular flexibility index (Phi) is 37.2. The van der Waals surface area contributed by atoms with Gasteiger partial charge < -0.3 is 18.9 Å². The molecule has 0 aliphatic rings. The molecule has 0 aromatic heterocycles. The number of nitrogens with zero attached hydrogens (tertiary/aromatic N) is 1. The summed E-state index contributed by atoms with van der Waals surface area (Å²) < 4.78 is 34.9. The van der Waals surface area contributed by atoms with Crippen LogP contribution in [0.1, 0.15) is 174 Å². The van der Waals surface area contributed by atoms with Crippen LogP contribution >= 0.6 is 7.82 Å². The fraction of sp³-hybridized carbons (Fsp3) is 0.800. The van der Waals surface area contributed by atoms with Gasteiger partial charge in [-0.1, -0.05) is 165 Å². The van der Waals surface area contributed by atoms with E-state index in [0.29, 0.717) is 24.1 Å². The monoisotopic (exact) mass is 783 g/mol. The van der Waals surface area contributed by atoms with E-state index in [2.05, 4.69) is 62.5 Å². The van der Waals surface area contributed by atoms with Gasteiger partial charge in [-0.3, -0.25) is 13.8 Å². The first kappa shape index (κ1) is 52.5. The van der Waals surface area contributed by atoms with Crippen LogP contribution < -0.4 is 0 Å². The van der Waals surface area contributed by atoms with Crippen LogP contribution in [0.4, 0.5) is 0 Å². The topological polar surface area (TPSA) is 91.3 Å². The van der Waals surface area contributed by atoms with E-state index >= 15 is 0 Å². The Morgan fingerprint density at radius 2 is 1.07 bits per heavy atom. The summed E-state index contributed by atoms with van der Waals surface area (Å²) >= 11 is 0. The minimum atomic E-state index is -4.28. The second kappa shape index (κ2) is 38.3. The van der Waals surface area contributed by atoms with Crippen molar-refractivity contribution in [3.63, 3.8) is 0 Å². The van der Waals surface area contributed by atoms with E-state index in [1.54, 1.807) is 0 Å². The maximum absolute atomic E-state index is 12.7. The molecule has 0 heterocycles. The van der Waals surface area contributed by atoms with Gasteiger partial charge in [-0.25, -0.2) is 4.57 Å². The Morgan fingerprint density at radius 3 is 1.59 bits per heavy atom. The molecule has 0 saturated heterocycles. The summed E-state index contributed by atoms with van der Waals surface area (Å²) in [4.78, 5) is 22.9. The Hall–Kier alpha value is -1.54. The predicted octanol–water partition coefficient (Wildman–Crippen LogP) is 12.8. The minimum Gasteiger partial charge on any atom is -0.457 e. The second-order valence-electron chi connectivity index (χ2n) is 15.7. The Bertz CT molecular complexity index is 1000. The van der Waals surface area contributed by atoms with Crippen LogP contribution in [0.5, 0.6) is 0 Å². The van der Waals surface area contributed by atoms with Crippen molar-refractivity contribution in [1.82, 2.24) is 0 Å².